The maximum absolute atomic E-state index is 8.86. The molecule has 0 amide bonds. The molecule has 2 heterocycles. The first-order valence-corrected chi connectivity index (χ1v) is 6.36. The van der Waals surface area contributed by atoms with Crippen molar-refractivity contribution in [3.05, 3.63) is 40.0 Å². The van der Waals surface area contributed by atoms with E-state index in [0.717, 1.165) is 17.8 Å². The number of nitrogen functional groups attached to an aromatic ring is 1. The summed E-state index contributed by atoms with van der Waals surface area (Å²) in [6.07, 6.45) is 2.75. The van der Waals surface area contributed by atoms with Gasteiger partial charge in [-0.05, 0) is 19.1 Å². The van der Waals surface area contributed by atoms with Crippen molar-refractivity contribution in [1.29, 1.82) is 0 Å². The molecule has 0 atom stereocenters. The van der Waals surface area contributed by atoms with E-state index in [1.54, 1.807) is 11.3 Å². The first kappa shape index (κ1) is 14.9. The van der Waals surface area contributed by atoms with Gasteiger partial charge in [0.2, 0.25) is 5.51 Å². The summed E-state index contributed by atoms with van der Waals surface area (Å²) in [6, 6.07) is 3.97. The molecule has 18 heavy (non-hydrogen) atoms. The van der Waals surface area contributed by atoms with Gasteiger partial charge in [0.25, 0.3) is 0 Å². The number of aromatic nitrogens is 2. The highest BCUT2D eigenvalue weighted by atomic mass is 35.5. The molecule has 0 bridgehead atoms. The molecule has 0 spiro atoms. The molecule has 0 saturated heterocycles. The standard InChI is InChI=1S/C12H16N3OS.ClH/c1-9-2-3-10(12(13)14-9)6-15-7-11(4-5-16)17-8-15;/h2-3,7-8,16H,4-6H2,1H3,(H2,13,14);1H/q+1;/p-1. The lowest BCUT2D eigenvalue weighted by atomic mass is 10.2. The highest BCUT2D eigenvalue weighted by molar-refractivity contribution is 7.09. The molecule has 98 valence electrons. The summed E-state index contributed by atoms with van der Waals surface area (Å²) in [6.45, 7) is 2.84. The number of aliphatic hydroxyl groups is 1. The fraction of sp³-hybridized carbons (Fsp3) is 0.333. The molecule has 0 unspecified atom stereocenters. The summed E-state index contributed by atoms with van der Waals surface area (Å²) in [5.74, 6) is 0.590. The summed E-state index contributed by atoms with van der Waals surface area (Å²) in [4.78, 5) is 5.41. The van der Waals surface area contributed by atoms with Crippen molar-refractivity contribution in [2.24, 2.45) is 0 Å². The van der Waals surface area contributed by atoms with E-state index >= 15 is 0 Å². The van der Waals surface area contributed by atoms with Gasteiger partial charge in [0.05, 0.1) is 10.4 Å². The number of aryl methyl sites for hydroxylation is 1. The van der Waals surface area contributed by atoms with Gasteiger partial charge in [0, 0.05) is 18.7 Å². The van der Waals surface area contributed by atoms with Crippen molar-refractivity contribution in [3.63, 3.8) is 0 Å². The van der Waals surface area contributed by atoms with E-state index in [9.17, 15) is 0 Å². The smallest absolute Gasteiger partial charge is 0.225 e. The molecule has 0 fully saturated rings. The van der Waals surface area contributed by atoms with Crippen molar-refractivity contribution < 1.29 is 22.1 Å². The summed E-state index contributed by atoms with van der Waals surface area (Å²) < 4.78 is 2.07. The van der Waals surface area contributed by atoms with E-state index in [2.05, 4.69) is 9.55 Å². The average molecular weight is 286 g/mol. The Kier molecular flexibility index (Phi) is 5.53. The van der Waals surface area contributed by atoms with Gasteiger partial charge in [-0.3, -0.25) is 0 Å². The second kappa shape index (κ2) is 6.68. The molecule has 0 aromatic carbocycles. The number of hydrogen-bond acceptors (Lipinski definition) is 4. The van der Waals surface area contributed by atoms with Crippen molar-refractivity contribution in [1.82, 2.24) is 4.98 Å². The Hall–Kier alpha value is -1.17. The number of pyridine rings is 1. The molecule has 6 heteroatoms. The Morgan fingerprint density at radius 2 is 2.22 bits per heavy atom. The van der Waals surface area contributed by atoms with Gasteiger partial charge in [-0.2, -0.15) is 4.57 Å². The van der Waals surface area contributed by atoms with Crippen LogP contribution < -0.4 is 22.7 Å². The second-order valence-electron chi connectivity index (χ2n) is 3.96. The minimum absolute atomic E-state index is 0. The lowest BCUT2D eigenvalue weighted by Crippen LogP contribution is -3.00. The predicted molar refractivity (Wildman–Crippen MR) is 67.8 cm³/mol. The van der Waals surface area contributed by atoms with Crippen LogP contribution >= 0.6 is 11.3 Å². The maximum atomic E-state index is 8.86. The molecule has 0 aliphatic rings. The molecule has 2 rings (SSSR count). The molecule has 0 aliphatic carbocycles. The zero-order valence-electron chi connectivity index (χ0n) is 10.1. The minimum Gasteiger partial charge on any atom is -1.00 e. The highest BCUT2D eigenvalue weighted by Gasteiger charge is 2.10. The average Bonchev–Trinajstić information content (AvgIpc) is 2.71. The van der Waals surface area contributed by atoms with Crippen LogP contribution in [0.5, 0.6) is 0 Å². The van der Waals surface area contributed by atoms with Crippen LogP contribution in [0.1, 0.15) is 16.1 Å². The summed E-state index contributed by atoms with van der Waals surface area (Å²) >= 11 is 1.64. The largest absolute Gasteiger partial charge is 1.00 e. The number of thiazole rings is 1. The van der Waals surface area contributed by atoms with Crippen LogP contribution in [0.25, 0.3) is 0 Å². The van der Waals surface area contributed by atoms with Gasteiger partial charge >= 0.3 is 0 Å². The first-order chi connectivity index (χ1) is 8.19. The molecule has 3 N–H and O–H groups in total. The highest BCUT2D eigenvalue weighted by Crippen LogP contribution is 2.10. The molecule has 2 aromatic heterocycles. The maximum Gasteiger partial charge on any atom is 0.225 e. The van der Waals surface area contributed by atoms with Crippen molar-refractivity contribution >= 4 is 17.2 Å². The Morgan fingerprint density at radius 3 is 2.89 bits per heavy atom. The van der Waals surface area contributed by atoms with Crippen LogP contribution in [0, 0.1) is 6.92 Å². The van der Waals surface area contributed by atoms with Gasteiger partial charge in [0.1, 0.15) is 5.82 Å². The second-order valence-corrected chi connectivity index (χ2v) is 4.93. The molecule has 2 aromatic rings. The van der Waals surface area contributed by atoms with Crippen LogP contribution in [-0.4, -0.2) is 16.7 Å². The molecule has 4 nitrogen and oxygen atoms in total. The van der Waals surface area contributed by atoms with E-state index in [0.29, 0.717) is 12.2 Å². The van der Waals surface area contributed by atoms with E-state index in [1.165, 1.54) is 4.88 Å². The molecular weight excluding hydrogens is 270 g/mol. The zero-order valence-corrected chi connectivity index (χ0v) is 11.7. The van der Waals surface area contributed by atoms with Gasteiger partial charge in [-0.15, -0.1) is 0 Å². The van der Waals surface area contributed by atoms with Gasteiger partial charge in [-0.1, -0.05) is 11.3 Å². The van der Waals surface area contributed by atoms with Crippen LogP contribution in [0.2, 0.25) is 0 Å². The van der Waals surface area contributed by atoms with E-state index in [1.807, 2.05) is 30.8 Å². The number of halogens is 1. The van der Waals surface area contributed by atoms with E-state index < -0.39 is 0 Å². The lowest BCUT2D eigenvalue weighted by Gasteiger charge is -2.01. The van der Waals surface area contributed by atoms with E-state index in [4.69, 9.17) is 10.8 Å². The SMILES string of the molecule is Cc1ccc(C[n+]2csc(CCO)c2)c(N)n1.[Cl-]. The fourth-order valence-electron chi connectivity index (χ4n) is 1.63. The Labute approximate surface area is 117 Å². The number of aliphatic hydroxyl groups excluding tert-OH is 1. The van der Waals surface area contributed by atoms with E-state index in [-0.39, 0.29) is 19.0 Å². The third kappa shape index (κ3) is 3.66. The van der Waals surface area contributed by atoms with Crippen molar-refractivity contribution in [2.75, 3.05) is 12.3 Å². The normalized spacial score (nSPS) is 10.1. The Morgan fingerprint density at radius 1 is 1.44 bits per heavy atom. The number of anilines is 1. The van der Waals surface area contributed by atoms with Gasteiger partial charge in [0.15, 0.2) is 12.7 Å². The minimum atomic E-state index is 0. The molecule has 0 aliphatic heterocycles. The third-order valence-electron chi connectivity index (χ3n) is 2.51. The van der Waals surface area contributed by atoms with Crippen LogP contribution in [0.3, 0.4) is 0 Å². The summed E-state index contributed by atoms with van der Waals surface area (Å²) in [5, 5.41) is 8.86. The van der Waals surface area contributed by atoms with Crippen LogP contribution in [0.4, 0.5) is 5.82 Å². The Balaban J connectivity index is 0.00000162. The van der Waals surface area contributed by atoms with Crippen molar-refractivity contribution in [2.45, 2.75) is 19.9 Å². The number of hydrogen-bond donors (Lipinski definition) is 2. The summed E-state index contributed by atoms with van der Waals surface area (Å²) in [7, 11) is 0. The number of nitrogens with zero attached hydrogens (tertiary/aromatic N) is 2. The monoisotopic (exact) mass is 285 g/mol. The summed E-state index contributed by atoms with van der Waals surface area (Å²) in [5.41, 5.74) is 9.86. The van der Waals surface area contributed by atoms with Crippen LogP contribution in [-0.2, 0) is 13.0 Å². The topological polar surface area (TPSA) is 63.0 Å². The number of nitrogens with two attached hydrogens (primary N) is 1. The van der Waals surface area contributed by atoms with Gasteiger partial charge < -0.3 is 23.2 Å². The number of rotatable bonds is 4. The molecule has 0 saturated carbocycles. The lowest BCUT2D eigenvalue weighted by molar-refractivity contribution is -0.683. The fourth-order valence-corrected chi connectivity index (χ4v) is 2.45. The van der Waals surface area contributed by atoms with Gasteiger partial charge in [-0.25, -0.2) is 4.98 Å². The Bertz CT molecular complexity index is 516. The molecule has 0 radical (unpaired) electrons. The first-order valence-electron chi connectivity index (χ1n) is 5.48. The van der Waals surface area contributed by atoms with Crippen LogP contribution in [0.15, 0.2) is 23.8 Å². The quantitative estimate of drug-likeness (QED) is 0.633. The zero-order chi connectivity index (χ0) is 12.3. The molecular formula is C12H16ClN3OS. The third-order valence-corrected chi connectivity index (χ3v) is 3.50. The predicted octanol–water partition coefficient (Wildman–Crippen LogP) is -2.09. The van der Waals surface area contributed by atoms with Crippen molar-refractivity contribution in [3.8, 4) is 0 Å².